The van der Waals surface area contributed by atoms with Crippen LogP contribution in [0.3, 0.4) is 0 Å². The molecule has 2 aromatic carbocycles. The number of aryl methyl sites for hydroxylation is 1. The summed E-state index contributed by atoms with van der Waals surface area (Å²) in [5.74, 6) is -1.55. The lowest BCUT2D eigenvalue weighted by Crippen LogP contribution is -2.29. The van der Waals surface area contributed by atoms with Gasteiger partial charge in [-0.05, 0) is 43.4 Å². The van der Waals surface area contributed by atoms with Crippen molar-refractivity contribution in [2.24, 2.45) is 0 Å². The van der Waals surface area contributed by atoms with Gasteiger partial charge in [0.1, 0.15) is 5.75 Å². The van der Waals surface area contributed by atoms with Gasteiger partial charge in [0.05, 0.1) is 17.0 Å². The number of rotatable bonds is 9. The molecule has 0 aliphatic heterocycles. The fourth-order valence-corrected chi connectivity index (χ4v) is 4.08. The summed E-state index contributed by atoms with van der Waals surface area (Å²) in [6.07, 6.45) is 3.02. The Morgan fingerprint density at radius 3 is 2.36 bits per heavy atom. The van der Waals surface area contributed by atoms with Gasteiger partial charge in [-0.2, -0.15) is 0 Å². The third kappa shape index (κ3) is 6.20. The first-order chi connectivity index (χ1) is 13.4. The number of carbonyl (C=O) groups is 2. The van der Waals surface area contributed by atoms with Crippen LogP contribution >= 0.6 is 0 Å². The number of amides is 2. The average Bonchev–Trinajstić information content (AvgIpc) is 3.46. The van der Waals surface area contributed by atoms with E-state index in [1.54, 1.807) is 24.3 Å². The molecule has 148 valence electrons. The molecule has 1 aliphatic rings. The molecule has 1 fully saturated rings. The van der Waals surface area contributed by atoms with Crippen LogP contribution < -0.4 is 10.6 Å². The van der Waals surface area contributed by atoms with Crippen LogP contribution in [0.25, 0.3) is 0 Å². The molecule has 1 saturated carbocycles. The molecule has 0 radical (unpaired) electrons. The van der Waals surface area contributed by atoms with E-state index in [-0.39, 0.29) is 17.7 Å². The van der Waals surface area contributed by atoms with Crippen LogP contribution in [0.15, 0.2) is 54.6 Å². The molecule has 2 N–H and O–H groups in total. The van der Waals surface area contributed by atoms with Crippen LogP contribution in [0.4, 0.5) is 5.69 Å². The minimum absolute atomic E-state index is 0.0564. The Labute approximate surface area is 165 Å². The number of anilines is 1. The van der Waals surface area contributed by atoms with Gasteiger partial charge in [0.25, 0.3) is 5.91 Å². The van der Waals surface area contributed by atoms with Crippen LogP contribution in [0, 0.1) is 0 Å². The van der Waals surface area contributed by atoms with E-state index in [4.69, 9.17) is 0 Å². The summed E-state index contributed by atoms with van der Waals surface area (Å²) in [4.78, 5) is 24.5. The Bertz CT molecular complexity index is 938. The molecule has 2 aromatic rings. The van der Waals surface area contributed by atoms with Crippen molar-refractivity contribution in [2.75, 3.05) is 16.8 Å². The molecule has 7 heteroatoms. The quantitative estimate of drug-likeness (QED) is 0.677. The highest BCUT2D eigenvalue weighted by molar-refractivity contribution is 7.92. The molecule has 0 aromatic heterocycles. The van der Waals surface area contributed by atoms with Crippen molar-refractivity contribution in [3.8, 4) is 0 Å². The summed E-state index contributed by atoms with van der Waals surface area (Å²) >= 11 is 0. The largest absolute Gasteiger partial charge is 0.349 e. The Kier molecular flexibility index (Phi) is 6.46. The van der Waals surface area contributed by atoms with Crippen molar-refractivity contribution in [3.63, 3.8) is 0 Å². The molecule has 0 atom stereocenters. The van der Waals surface area contributed by atoms with Crippen LogP contribution in [0.5, 0.6) is 0 Å². The van der Waals surface area contributed by atoms with Crippen LogP contribution in [0.2, 0.25) is 0 Å². The van der Waals surface area contributed by atoms with Crippen molar-refractivity contribution < 1.29 is 18.0 Å². The van der Waals surface area contributed by atoms with E-state index in [9.17, 15) is 18.0 Å². The summed E-state index contributed by atoms with van der Waals surface area (Å²) in [6.45, 7) is 0. The summed E-state index contributed by atoms with van der Waals surface area (Å²) in [6, 6.07) is 16.4. The van der Waals surface area contributed by atoms with Gasteiger partial charge in [-0.1, -0.05) is 42.5 Å². The summed E-state index contributed by atoms with van der Waals surface area (Å²) in [5, 5.41) is 5.44. The van der Waals surface area contributed by atoms with Gasteiger partial charge in [0.15, 0.2) is 9.84 Å². The topological polar surface area (TPSA) is 92.3 Å². The normalized spacial score (nSPS) is 13.7. The van der Waals surface area contributed by atoms with E-state index >= 15 is 0 Å². The standard InChI is InChI=1S/C21H24N2O4S/c24-20(15-28(26,27)14-6-9-16-7-2-1-3-8-16)23-19-11-5-4-10-18(19)21(25)22-17-12-13-17/h1-5,7-8,10-11,17H,6,9,12-15H2,(H,22,25)(H,23,24). The monoisotopic (exact) mass is 400 g/mol. The second-order valence-electron chi connectivity index (χ2n) is 7.02. The highest BCUT2D eigenvalue weighted by Crippen LogP contribution is 2.21. The lowest BCUT2D eigenvalue weighted by atomic mass is 10.1. The van der Waals surface area contributed by atoms with E-state index in [2.05, 4.69) is 10.6 Å². The van der Waals surface area contributed by atoms with Gasteiger partial charge in [-0.3, -0.25) is 9.59 Å². The van der Waals surface area contributed by atoms with Crippen LogP contribution in [-0.2, 0) is 21.1 Å². The summed E-state index contributed by atoms with van der Waals surface area (Å²) in [7, 11) is -3.53. The fraction of sp³-hybridized carbons (Fsp3) is 0.333. The van der Waals surface area contributed by atoms with Crippen molar-refractivity contribution in [2.45, 2.75) is 31.7 Å². The maximum atomic E-state index is 12.3. The van der Waals surface area contributed by atoms with E-state index in [1.165, 1.54) is 0 Å². The second kappa shape index (κ2) is 9.01. The van der Waals surface area contributed by atoms with Gasteiger partial charge in [-0.15, -0.1) is 0 Å². The van der Waals surface area contributed by atoms with Gasteiger partial charge in [-0.25, -0.2) is 8.42 Å². The molecule has 28 heavy (non-hydrogen) atoms. The first-order valence-electron chi connectivity index (χ1n) is 9.37. The van der Waals surface area contributed by atoms with Crippen molar-refractivity contribution in [3.05, 3.63) is 65.7 Å². The van der Waals surface area contributed by atoms with Crippen LogP contribution in [0.1, 0.15) is 35.2 Å². The highest BCUT2D eigenvalue weighted by atomic mass is 32.2. The third-order valence-electron chi connectivity index (χ3n) is 4.47. The van der Waals surface area contributed by atoms with Crippen molar-refractivity contribution in [1.29, 1.82) is 0 Å². The van der Waals surface area contributed by atoms with E-state index in [0.29, 0.717) is 24.1 Å². The number of nitrogens with one attached hydrogen (secondary N) is 2. The molecule has 0 unspecified atom stereocenters. The molecular formula is C21H24N2O4S. The first-order valence-corrected chi connectivity index (χ1v) is 11.2. The molecule has 0 heterocycles. The number of hydrogen-bond donors (Lipinski definition) is 2. The zero-order chi connectivity index (χ0) is 20.0. The number of sulfone groups is 1. The second-order valence-corrected chi connectivity index (χ2v) is 9.21. The number of carbonyl (C=O) groups excluding carboxylic acids is 2. The molecule has 0 spiro atoms. The van der Waals surface area contributed by atoms with Crippen LogP contribution in [-0.4, -0.2) is 37.8 Å². The maximum Gasteiger partial charge on any atom is 0.253 e. The van der Waals surface area contributed by atoms with E-state index in [0.717, 1.165) is 18.4 Å². The van der Waals surface area contributed by atoms with E-state index < -0.39 is 21.5 Å². The smallest absolute Gasteiger partial charge is 0.253 e. The molecule has 1 aliphatic carbocycles. The first kappa shape index (κ1) is 20.1. The minimum atomic E-state index is -3.53. The van der Waals surface area contributed by atoms with Crippen molar-refractivity contribution in [1.82, 2.24) is 5.32 Å². The Hall–Kier alpha value is -2.67. The Balaban J connectivity index is 1.53. The lowest BCUT2D eigenvalue weighted by molar-refractivity contribution is -0.113. The van der Waals surface area contributed by atoms with Gasteiger partial charge in [0, 0.05) is 6.04 Å². The predicted molar refractivity (Wildman–Crippen MR) is 109 cm³/mol. The highest BCUT2D eigenvalue weighted by Gasteiger charge is 2.25. The van der Waals surface area contributed by atoms with Crippen molar-refractivity contribution >= 4 is 27.3 Å². The number of benzene rings is 2. The third-order valence-corrected chi connectivity index (χ3v) is 6.09. The number of para-hydroxylation sites is 1. The zero-order valence-electron chi connectivity index (χ0n) is 15.6. The molecule has 6 nitrogen and oxygen atoms in total. The zero-order valence-corrected chi connectivity index (χ0v) is 16.4. The SMILES string of the molecule is O=C(CS(=O)(=O)CCCc1ccccc1)Nc1ccccc1C(=O)NC1CC1. The molecule has 0 saturated heterocycles. The molecule has 2 amide bonds. The number of hydrogen-bond acceptors (Lipinski definition) is 4. The van der Waals surface area contributed by atoms with Gasteiger partial charge in [0.2, 0.25) is 5.91 Å². The van der Waals surface area contributed by atoms with Gasteiger partial charge >= 0.3 is 0 Å². The van der Waals surface area contributed by atoms with Gasteiger partial charge < -0.3 is 10.6 Å². The lowest BCUT2D eigenvalue weighted by Gasteiger charge is -2.11. The Morgan fingerprint density at radius 1 is 0.964 bits per heavy atom. The molecule has 3 rings (SSSR count). The minimum Gasteiger partial charge on any atom is -0.349 e. The summed E-state index contributed by atoms with van der Waals surface area (Å²) < 4.78 is 24.5. The Morgan fingerprint density at radius 2 is 1.64 bits per heavy atom. The predicted octanol–water partition coefficient (Wildman–Crippen LogP) is 2.56. The molecule has 0 bridgehead atoms. The summed E-state index contributed by atoms with van der Waals surface area (Å²) in [5.41, 5.74) is 1.73. The maximum absolute atomic E-state index is 12.3. The average molecular weight is 401 g/mol. The molecular weight excluding hydrogens is 376 g/mol. The van der Waals surface area contributed by atoms with E-state index in [1.807, 2.05) is 30.3 Å². The fourth-order valence-electron chi connectivity index (χ4n) is 2.88.